The van der Waals surface area contributed by atoms with Crippen LogP contribution < -0.4 is 5.32 Å². The number of rotatable bonds is 2. The van der Waals surface area contributed by atoms with Gasteiger partial charge >= 0.3 is 0 Å². The number of anilines is 1. The van der Waals surface area contributed by atoms with Crippen LogP contribution in [0.25, 0.3) is 5.57 Å². The number of hydrogen-bond donors (Lipinski definition) is 1. The second kappa shape index (κ2) is 4.02. The molecular formula is C10H9BrN2O2. The van der Waals surface area contributed by atoms with E-state index in [9.17, 15) is 4.79 Å². The van der Waals surface area contributed by atoms with Crippen LogP contribution in [0.4, 0.5) is 5.82 Å². The van der Waals surface area contributed by atoms with Crippen LogP contribution in [-0.4, -0.2) is 17.5 Å². The lowest BCUT2D eigenvalue weighted by Crippen LogP contribution is -2.04. The molecule has 2 rings (SSSR count). The molecule has 0 fully saturated rings. The highest BCUT2D eigenvalue weighted by molar-refractivity contribution is 9.10. The number of carbonyl (C=O) groups is 1. The predicted molar refractivity (Wildman–Crippen MR) is 60.2 cm³/mol. The zero-order valence-corrected chi connectivity index (χ0v) is 9.67. The van der Waals surface area contributed by atoms with E-state index < -0.39 is 0 Å². The van der Waals surface area contributed by atoms with Crippen LogP contribution >= 0.6 is 15.9 Å². The topological polar surface area (TPSA) is 51.2 Å². The summed E-state index contributed by atoms with van der Waals surface area (Å²) < 4.78 is 5.95. The summed E-state index contributed by atoms with van der Waals surface area (Å²) in [6.45, 7) is 2.40. The number of fused-ring (bicyclic) bond motifs is 1. The van der Waals surface area contributed by atoms with Crippen molar-refractivity contribution in [3.8, 4) is 0 Å². The SMILES string of the molecule is CCOC=C1C(=O)Nc2ncc(Br)cc21. The first kappa shape index (κ1) is 10.2. The van der Waals surface area contributed by atoms with Crippen molar-refractivity contribution in [3.05, 3.63) is 28.6 Å². The lowest BCUT2D eigenvalue weighted by Gasteiger charge is -1.98. The maximum Gasteiger partial charge on any atom is 0.260 e. The highest BCUT2D eigenvalue weighted by Gasteiger charge is 2.25. The molecular weight excluding hydrogens is 260 g/mol. The molecule has 2 heterocycles. The van der Waals surface area contributed by atoms with Crippen LogP contribution in [-0.2, 0) is 9.53 Å². The van der Waals surface area contributed by atoms with Crippen LogP contribution in [0.1, 0.15) is 12.5 Å². The summed E-state index contributed by atoms with van der Waals surface area (Å²) in [5, 5.41) is 2.66. The smallest absolute Gasteiger partial charge is 0.260 e. The first-order chi connectivity index (χ1) is 7.22. The molecule has 0 aliphatic carbocycles. The first-order valence-electron chi connectivity index (χ1n) is 4.51. The molecule has 4 nitrogen and oxygen atoms in total. The average Bonchev–Trinajstić information content (AvgIpc) is 2.51. The maximum absolute atomic E-state index is 11.5. The normalized spacial score (nSPS) is 16.4. The Morgan fingerprint density at radius 3 is 3.20 bits per heavy atom. The second-order valence-corrected chi connectivity index (χ2v) is 3.91. The number of carbonyl (C=O) groups excluding carboxylic acids is 1. The fraction of sp³-hybridized carbons (Fsp3) is 0.200. The van der Waals surface area contributed by atoms with Gasteiger partial charge in [0.05, 0.1) is 18.4 Å². The van der Waals surface area contributed by atoms with Crippen LogP contribution in [0, 0.1) is 0 Å². The fourth-order valence-electron chi connectivity index (χ4n) is 1.33. The molecule has 15 heavy (non-hydrogen) atoms. The molecule has 1 N–H and O–H groups in total. The van der Waals surface area contributed by atoms with E-state index in [0.717, 1.165) is 10.0 Å². The van der Waals surface area contributed by atoms with Crippen molar-refractivity contribution in [1.82, 2.24) is 4.98 Å². The lowest BCUT2D eigenvalue weighted by atomic mass is 10.1. The van der Waals surface area contributed by atoms with Crippen molar-refractivity contribution in [2.75, 3.05) is 11.9 Å². The standard InChI is InChI=1S/C10H9BrN2O2/c1-2-15-5-8-7-3-6(11)4-12-9(7)13-10(8)14/h3-5H,2H2,1H3,(H,12,13,14). The van der Waals surface area contributed by atoms with E-state index in [2.05, 4.69) is 26.2 Å². The van der Waals surface area contributed by atoms with Crippen molar-refractivity contribution < 1.29 is 9.53 Å². The van der Waals surface area contributed by atoms with Crippen molar-refractivity contribution >= 4 is 33.2 Å². The van der Waals surface area contributed by atoms with E-state index in [1.165, 1.54) is 6.26 Å². The van der Waals surface area contributed by atoms with Gasteiger partial charge in [-0.1, -0.05) is 0 Å². The van der Waals surface area contributed by atoms with Crippen molar-refractivity contribution in [1.29, 1.82) is 0 Å². The van der Waals surface area contributed by atoms with Gasteiger partial charge in [-0.2, -0.15) is 0 Å². The number of hydrogen-bond acceptors (Lipinski definition) is 3. The number of aromatic nitrogens is 1. The summed E-state index contributed by atoms with van der Waals surface area (Å²) in [4.78, 5) is 15.6. The van der Waals surface area contributed by atoms with Crippen molar-refractivity contribution in [2.45, 2.75) is 6.92 Å². The molecule has 0 radical (unpaired) electrons. The quantitative estimate of drug-likeness (QED) is 0.661. The summed E-state index contributed by atoms with van der Waals surface area (Å²) in [5.74, 6) is 0.401. The molecule has 5 heteroatoms. The monoisotopic (exact) mass is 268 g/mol. The molecule has 0 saturated heterocycles. The third kappa shape index (κ3) is 1.87. The van der Waals surface area contributed by atoms with Crippen LogP contribution in [0.2, 0.25) is 0 Å². The second-order valence-electron chi connectivity index (χ2n) is 2.99. The third-order valence-corrected chi connectivity index (χ3v) is 2.42. The van der Waals surface area contributed by atoms with E-state index in [4.69, 9.17) is 4.74 Å². The largest absolute Gasteiger partial charge is 0.501 e. The number of ether oxygens (including phenoxy) is 1. The highest BCUT2D eigenvalue weighted by Crippen LogP contribution is 2.31. The minimum Gasteiger partial charge on any atom is -0.501 e. The van der Waals surface area contributed by atoms with Gasteiger partial charge in [-0.25, -0.2) is 4.98 Å². The van der Waals surface area contributed by atoms with Crippen molar-refractivity contribution in [2.24, 2.45) is 0 Å². The molecule has 0 bridgehead atoms. The molecule has 1 aromatic heterocycles. The Morgan fingerprint density at radius 1 is 1.67 bits per heavy atom. The summed E-state index contributed by atoms with van der Waals surface area (Å²) in [6.07, 6.45) is 3.11. The Labute approximate surface area is 95.5 Å². The van der Waals surface area contributed by atoms with Gasteiger partial charge in [0, 0.05) is 16.2 Å². The van der Waals surface area contributed by atoms with Crippen molar-refractivity contribution in [3.63, 3.8) is 0 Å². The summed E-state index contributed by atoms with van der Waals surface area (Å²) in [5.41, 5.74) is 1.28. The van der Waals surface area contributed by atoms with E-state index >= 15 is 0 Å². The fourth-order valence-corrected chi connectivity index (χ4v) is 1.66. The Hall–Kier alpha value is -1.36. The zero-order valence-electron chi connectivity index (χ0n) is 8.08. The van der Waals surface area contributed by atoms with Gasteiger partial charge in [0.1, 0.15) is 5.82 Å². The maximum atomic E-state index is 11.5. The number of pyridine rings is 1. The van der Waals surface area contributed by atoms with Gasteiger partial charge < -0.3 is 10.1 Å². The molecule has 0 unspecified atom stereocenters. The third-order valence-electron chi connectivity index (χ3n) is 1.99. The molecule has 0 spiro atoms. The number of nitrogens with one attached hydrogen (secondary N) is 1. The Balaban J connectivity index is 2.44. The summed E-state index contributed by atoms with van der Waals surface area (Å²) in [7, 11) is 0. The van der Waals surface area contributed by atoms with Crippen LogP contribution in [0.3, 0.4) is 0 Å². The molecule has 1 aliphatic heterocycles. The zero-order chi connectivity index (χ0) is 10.8. The van der Waals surface area contributed by atoms with Gasteiger partial charge in [-0.3, -0.25) is 4.79 Å². The van der Waals surface area contributed by atoms with E-state index in [-0.39, 0.29) is 5.91 Å². The van der Waals surface area contributed by atoms with E-state index in [1.54, 1.807) is 6.20 Å². The van der Waals surface area contributed by atoms with Gasteiger partial charge in [-0.05, 0) is 28.9 Å². The van der Waals surface area contributed by atoms with Gasteiger partial charge in [-0.15, -0.1) is 0 Å². The molecule has 1 aliphatic rings. The lowest BCUT2D eigenvalue weighted by molar-refractivity contribution is -0.110. The van der Waals surface area contributed by atoms with Gasteiger partial charge in [0.25, 0.3) is 5.91 Å². The summed E-state index contributed by atoms with van der Waals surface area (Å²) >= 11 is 3.31. The van der Waals surface area contributed by atoms with E-state index in [0.29, 0.717) is 18.0 Å². The minimum absolute atomic E-state index is 0.177. The predicted octanol–water partition coefficient (Wildman–Crippen LogP) is 2.17. The average molecular weight is 269 g/mol. The van der Waals surface area contributed by atoms with Gasteiger partial charge in [0.15, 0.2) is 0 Å². The molecule has 1 amide bonds. The molecule has 0 aromatic carbocycles. The van der Waals surface area contributed by atoms with Gasteiger partial charge in [0.2, 0.25) is 0 Å². The molecule has 0 atom stereocenters. The first-order valence-corrected chi connectivity index (χ1v) is 5.30. The van der Waals surface area contributed by atoms with Crippen LogP contribution in [0.5, 0.6) is 0 Å². The Bertz CT molecular complexity index is 443. The molecule has 78 valence electrons. The molecule has 0 saturated carbocycles. The Morgan fingerprint density at radius 2 is 2.47 bits per heavy atom. The number of nitrogens with zero attached hydrogens (tertiary/aromatic N) is 1. The Kier molecular flexibility index (Phi) is 2.73. The van der Waals surface area contributed by atoms with Crippen LogP contribution in [0.15, 0.2) is 23.0 Å². The summed E-state index contributed by atoms with van der Waals surface area (Å²) in [6, 6.07) is 1.84. The number of halogens is 1. The molecule has 1 aromatic rings. The minimum atomic E-state index is -0.177. The highest BCUT2D eigenvalue weighted by atomic mass is 79.9. The van der Waals surface area contributed by atoms with E-state index in [1.807, 2.05) is 13.0 Å². The number of amides is 1.